The minimum absolute atomic E-state index is 0.748. The van der Waals surface area contributed by atoms with Crippen molar-refractivity contribution in [2.24, 2.45) is 0 Å². The third-order valence-electron chi connectivity index (χ3n) is 2.29. The van der Waals surface area contributed by atoms with E-state index in [0.717, 1.165) is 35.0 Å². The predicted octanol–water partition coefficient (Wildman–Crippen LogP) is 1.95. The molecular formula is C11H11N3O. The van der Waals surface area contributed by atoms with Gasteiger partial charge in [-0.25, -0.2) is 4.98 Å². The first-order valence-electron chi connectivity index (χ1n) is 4.80. The van der Waals surface area contributed by atoms with Crippen LogP contribution in [0.25, 0.3) is 16.6 Å². The lowest BCUT2D eigenvalue weighted by Gasteiger charge is -1.98. The summed E-state index contributed by atoms with van der Waals surface area (Å²) in [5.41, 5.74) is 2.48. The maximum atomic E-state index is 10.5. The first-order valence-corrected chi connectivity index (χ1v) is 4.80. The van der Waals surface area contributed by atoms with Crippen LogP contribution in [0.4, 0.5) is 0 Å². The number of pyridine rings is 1. The standard InChI is InChI=1S/C11H11N3O/c1-2-8(5-7-15)10-9-4-3-6-12-11(9)14-13-10/h3-7H,2H2,1H3,(H,12,13,14)/b8-5+. The molecule has 0 unspecified atom stereocenters. The van der Waals surface area contributed by atoms with Gasteiger partial charge in [0, 0.05) is 11.6 Å². The molecule has 2 aromatic heterocycles. The molecule has 0 aliphatic rings. The lowest BCUT2D eigenvalue weighted by atomic mass is 10.1. The first kappa shape index (κ1) is 9.58. The Hall–Kier alpha value is -1.97. The SMILES string of the molecule is CC/C(=C\C=O)c1n[nH]c2ncccc12. The fourth-order valence-corrected chi connectivity index (χ4v) is 1.55. The molecule has 2 rings (SSSR count). The zero-order valence-corrected chi connectivity index (χ0v) is 8.40. The predicted molar refractivity (Wildman–Crippen MR) is 58.2 cm³/mol. The van der Waals surface area contributed by atoms with Gasteiger partial charge in [0.2, 0.25) is 0 Å². The summed E-state index contributed by atoms with van der Waals surface area (Å²) < 4.78 is 0. The minimum atomic E-state index is 0.748. The number of carbonyl (C=O) groups excluding carboxylic acids is 1. The Morgan fingerprint density at radius 2 is 2.47 bits per heavy atom. The lowest BCUT2D eigenvalue weighted by molar-refractivity contribution is -0.104. The van der Waals surface area contributed by atoms with Crippen molar-refractivity contribution >= 4 is 22.9 Å². The van der Waals surface area contributed by atoms with Crippen molar-refractivity contribution in [1.82, 2.24) is 15.2 Å². The highest BCUT2D eigenvalue weighted by molar-refractivity contribution is 5.91. The molecule has 0 aliphatic heterocycles. The summed E-state index contributed by atoms with van der Waals surface area (Å²) in [6.07, 6.45) is 4.81. The largest absolute Gasteiger partial charge is 0.299 e. The van der Waals surface area contributed by atoms with Crippen molar-refractivity contribution in [3.05, 3.63) is 30.1 Å². The van der Waals surface area contributed by atoms with Crippen molar-refractivity contribution in [2.45, 2.75) is 13.3 Å². The number of allylic oxidation sites excluding steroid dienone is 2. The maximum absolute atomic E-state index is 10.5. The number of nitrogens with one attached hydrogen (secondary N) is 1. The molecule has 0 spiro atoms. The van der Waals surface area contributed by atoms with E-state index in [9.17, 15) is 4.79 Å². The average Bonchev–Trinajstić information content (AvgIpc) is 2.70. The van der Waals surface area contributed by atoms with Gasteiger partial charge in [-0.1, -0.05) is 6.92 Å². The van der Waals surface area contributed by atoms with E-state index in [2.05, 4.69) is 15.2 Å². The van der Waals surface area contributed by atoms with Gasteiger partial charge in [0.05, 0.1) is 5.69 Å². The fourth-order valence-electron chi connectivity index (χ4n) is 1.55. The number of aromatic nitrogens is 3. The molecule has 0 amide bonds. The molecule has 76 valence electrons. The molecule has 0 fully saturated rings. The monoisotopic (exact) mass is 201 g/mol. The molecule has 0 radical (unpaired) electrons. The molecule has 0 saturated carbocycles. The van der Waals surface area contributed by atoms with E-state index >= 15 is 0 Å². The third kappa shape index (κ3) is 1.66. The molecule has 0 aromatic carbocycles. The highest BCUT2D eigenvalue weighted by Crippen LogP contribution is 2.22. The number of hydrogen-bond acceptors (Lipinski definition) is 3. The molecule has 15 heavy (non-hydrogen) atoms. The van der Waals surface area contributed by atoms with Crippen LogP contribution in [0.2, 0.25) is 0 Å². The second kappa shape index (κ2) is 4.04. The second-order valence-electron chi connectivity index (χ2n) is 3.15. The summed E-state index contributed by atoms with van der Waals surface area (Å²) >= 11 is 0. The Morgan fingerprint density at radius 1 is 1.60 bits per heavy atom. The number of nitrogens with zero attached hydrogens (tertiary/aromatic N) is 2. The number of fused-ring (bicyclic) bond motifs is 1. The van der Waals surface area contributed by atoms with Crippen LogP contribution < -0.4 is 0 Å². The van der Waals surface area contributed by atoms with E-state index in [0.29, 0.717) is 0 Å². The van der Waals surface area contributed by atoms with Gasteiger partial charge in [-0.3, -0.25) is 9.89 Å². The van der Waals surface area contributed by atoms with Crippen molar-refractivity contribution in [3.8, 4) is 0 Å². The van der Waals surface area contributed by atoms with Crippen molar-refractivity contribution in [2.75, 3.05) is 0 Å². The molecule has 2 heterocycles. The summed E-state index contributed by atoms with van der Waals surface area (Å²) in [6, 6.07) is 3.80. The lowest BCUT2D eigenvalue weighted by Crippen LogP contribution is -1.85. The van der Waals surface area contributed by atoms with Crippen LogP contribution in [0.5, 0.6) is 0 Å². The molecule has 0 atom stereocenters. The van der Waals surface area contributed by atoms with Crippen molar-refractivity contribution in [1.29, 1.82) is 0 Å². The number of rotatable bonds is 3. The number of carbonyl (C=O) groups is 1. The van der Waals surface area contributed by atoms with Crippen LogP contribution in [-0.4, -0.2) is 21.5 Å². The Kier molecular flexibility index (Phi) is 2.58. The van der Waals surface area contributed by atoms with E-state index in [4.69, 9.17) is 0 Å². The van der Waals surface area contributed by atoms with Crippen LogP contribution in [0.1, 0.15) is 19.0 Å². The number of H-pyrrole nitrogens is 1. The number of hydrogen-bond donors (Lipinski definition) is 1. The van der Waals surface area contributed by atoms with Gasteiger partial charge < -0.3 is 0 Å². The molecule has 4 heteroatoms. The fraction of sp³-hybridized carbons (Fsp3) is 0.182. The summed E-state index contributed by atoms with van der Waals surface area (Å²) in [7, 11) is 0. The highest BCUT2D eigenvalue weighted by atomic mass is 16.1. The smallest absolute Gasteiger partial charge is 0.155 e. The molecule has 2 aromatic rings. The number of aromatic amines is 1. The Morgan fingerprint density at radius 3 is 3.20 bits per heavy atom. The van der Waals surface area contributed by atoms with Gasteiger partial charge in [0.1, 0.15) is 6.29 Å². The van der Waals surface area contributed by atoms with Gasteiger partial charge in [-0.05, 0) is 30.2 Å². The van der Waals surface area contributed by atoms with Gasteiger partial charge in [-0.15, -0.1) is 0 Å². The van der Waals surface area contributed by atoms with Crippen molar-refractivity contribution in [3.63, 3.8) is 0 Å². The number of aldehydes is 1. The minimum Gasteiger partial charge on any atom is -0.299 e. The molecule has 1 N–H and O–H groups in total. The summed E-state index contributed by atoms with van der Waals surface area (Å²) in [4.78, 5) is 14.6. The Labute approximate surface area is 87.0 Å². The average molecular weight is 201 g/mol. The highest BCUT2D eigenvalue weighted by Gasteiger charge is 2.08. The van der Waals surface area contributed by atoms with E-state index in [1.54, 1.807) is 12.3 Å². The van der Waals surface area contributed by atoms with Gasteiger partial charge >= 0.3 is 0 Å². The molecule has 0 saturated heterocycles. The molecule has 4 nitrogen and oxygen atoms in total. The third-order valence-corrected chi connectivity index (χ3v) is 2.29. The van der Waals surface area contributed by atoms with Crippen LogP contribution >= 0.6 is 0 Å². The topological polar surface area (TPSA) is 58.6 Å². The second-order valence-corrected chi connectivity index (χ2v) is 3.15. The molecule has 0 bridgehead atoms. The summed E-state index contributed by atoms with van der Waals surface area (Å²) in [5, 5.41) is 7.97. The van der Waals surface area contributed by atoms with Crippen LogP contribution in [-0.2, 0) is 4.79 Å². The quantitative estimate of drug-likeness (QED) is 0.610. The zero-order chi connectivity index (χ0) is 10.7. The Balaban J connectivity index is 2.61. The van der Waals surface area contributed by atoms with Gasteiger partial charge in [-0.2, -0.15) is 5.10 Å². The van der Waals surface area contributed by atoms with E-state index < -0.39 is 0 Å². The first-order chi connectivity index (χ1) is 7.36. The van der Waals surface area contributed by atoms with Gasteiger partial charge in [0.25, 0.3) is 0 Å². The van der Waals surface area contributed by atoms with E-state index in [-0.39, 0.29) is 0 Å². The van der Waals surface area contributed by atoms with Crippen molar-refractivity contribution < 1.29 is 4.79 Å². The van der Waals surface area contributed by atoms with Crippen LogP contribution in [0, 0.1) is 0 Å². The summed E-state index contributed by atoms with van der Waals surface area (Å²) in [6.45, 7) is 1.99. The molecular weight excluding hydrogens is 190 g/mol. The molecule has 0 aliphatic carbocycles. The van der Waals surface area contributed by atoms with Gasteiger partial charge in [0.15, 0.2) is 5.65 Å². The zero-order valence-electron chi connectivity index (χ0n) is 8.40. The summed E-state index contributed by atoms with van der Waals surface area (Å²) in [5.74, 6) is 0. The van der Waals surface area contributed by atoms with Crippen LogP contribution in [0.3, 0.4) is 0 Å². The normalized spacial score (nSPS) is 11.9. The maximum Gasteiger partial charge on any atom is 0.155 e. The van der Waals surface area contributed by atoms with E-state index in [1.807, 2.05) is 19.1 Å². The van der Waals surface area contributed by atoms with Crippen LogP contribution in [0.15, 0.2) is 24.4 Å². The Bertz CT molecular complexity index is 513. The van der Waals surface area contributed by atoms with E-state index in [1.165, 1.54) is 0 Å².